The predicted octanol–water partition coefficient (Wildman–Crippen LogP) is 8.10. The van der Waals surface area contributed by atoms with Gasteiger partial charge in [0.15, 0.2) is 0 Å². The van der Waals surface area contributed by atoms with Gasteiger partial charge in [-0.1, -0.05) is 137 Å². The Bertz CT molecular complexity index is 943. The molecule has 0 N–H and O–H groups in total. The Kier molecular flexibility index (Phi) is 6.67. The van der Waals surface area contributed by atoms with E-state index in [1.54, 1.807) is 0 Å². The van der Waals surface area contributed by atoms with Crippen LogP contribution in [0.4, 0.5) is 0 Å². The van der Waals surface area contributed by atoms with E-state index < -0.39 is 0 Å². The summed E-state index contributed by atoms with van der Waals surface area (Å²) in [4.78, 5) is 0. The Morgan fingerprint density at radius 3 is 1.07 bits per heavy atom. The molecule has 29 heavy (non-hydrogen) atoms. The highest BCUT2D eigenvalue weighted by atomic mass is 14.5. The fourth-order valence-corrected chi connectivity index (χ4v) is 4.40. The topological polar surface area (TPSA) is 0 Å². The summed E-state index contributed by atoms with van der Waals surface area (Å²) in [6.07, 6.45) is 0. The summed E-state index contributed by atoms with van der Waals surface area (Å²) >= 11 is 0. The van der Waals surface area contributed by atoms with Gasteiger partial charge in [-0.2, -0.15) is 0 Å². The van der Waals surface area contributed by atoms with E-state index in [0.29, 0.717) is 0 Å². The third-order valence-corrected chi connectivity index (χ3v) is 5.37. The van der Waals surface area contributed by atoms with E-state index in [1.165, 1.54) is 33.4 Å². The van der Waals surface area contributed by atoms with Crippen LogP contribution in [0.5, 0.6) is 0 Å². The van der Waals surface area contributed by atoms with Gasteiger partial charge in [-0.15, -0.1) is 0 Å². The molecule has 0 saturated heterocycles. The SMILES string of the molecule is CC.CC.c1ccc(C2(c3ccccc3)c3ccccc3-c3ccccc32)cc1. The Balaban J connectivity index is 0.000000568. The zero-order chi connectivity index (χ0) is 20.7. The molecule has 0 saturated carbocycles. The minimum Gasteiger partial charge on any atom is -0.0683 e. The molecule has 146 valence electrons. The van der Waals surface area contributed by atoms with Gasteiger partial charge in [0.05, 0.1) is 5.41 Å². The van der Waals surface area contributed by atoms with Crippen molar-refractivity contribution >= 4 is 0 Å². The highest BCUT2D eigenvalue weighted by Crippen LogP contribution is 2.55. The van der Waals surface area contributed by atoms with Crippen LogP contribution >= 0.6 is 0 Å². The van der Waals surface area contributed by atoms with E-state index in [-0.39, 0.29) is 5.41 Å². The first-order valence-electron chi connectivity index (χ1n) is 10.7. The molecule has 0 aliphatic heterocycles. The van der Waals surface area contributed by atoms with Crippen molar-refractivity contribution in [3.63, 3.8) is 0 Å². The molecule has 0 aromatic heterocycles. The van der Waals surface area contributed by atoms with E-state index in [1.807, 2.05) is 27.7 Å². The average molecular weight is 379 g/mol. The Labute approximate surface area is 175 Å². The molecule has 0 bridgehead atoms. The number of rotatable bonds is 2. The summed E-state index contributed by atoms with van der Waals surface area (Å²) in [6, 6.07) is 39.5. The van der Waals surface area contributed by atoms with Gasteiger partial charge in [-0.05, 0) is 33.4 Å². The van der Waals surface area contributed by atoms with Gasteiger partial charge in [0.25, 0.3) is 0 Å². The number of hydrogen-bond donors (Lipinski definition) is 0. The molecule has 0 amide bonds. The highest BCUT2D eigenvalue weighted by molar-refractivity contribution is 5.86. The lowest BCUT2D eigenvalue weighted by molar-refractivity contribution is 0.768. The fraction of sp³-hybridized carbons (Fsp3) is 0.172. The van der Waals surface area contributed by atoms with E-state index >= 15 is 0 Å². The molecule has 1 aliphatic carbocycles. The van der Waals surface area contributed by atoms with Gasteiger partial charge in [0.2, 0.25) is 0 Å². The molecule has 0 unspecified atom stereocenters. The third kappa shape index (κ3) is 3.29. The van der Waals surface area contributed by atoms with E-state index in [4.69, 9.17) is 0 Å². The van der Waals surface area contributed by atoms with Crippen LogP contribution in [-0.2, 0) is 5.41 Å². The predicted molar refractivity (Wildman–Crippen MR) is 126 cm³/mol. The van der Waals surface area contributed by atoms with Gasteiger partial charge in [0, 0.05) is 0 Å². The first-order valence-corrected chi connectivity index (χ1v) is 10.7. The van der Waals surface area contributed by atoms with E-state index in [9.17, 15) is 0 Å². The van der Waals surface area contributed by atoms with Crippen molar-refractivity contribution in [2.45, 2.75) is 33.1 Å². The molecule has 1 aliphatic rings. The summed E-state index contributed by atoms with van der Waals surface area (Å²) in [7, 11) is 0. The van der Waals surface area contributed by atoms with Crippen molar-refractivity contribution in [2.75, 3.05) is 0 Å². The third-order valence-electron chi connectivity index (χ3n) is 5.37. The van der Waals surface area contributed by atoms with E-state index in [0.717, 1.165) is 0 Å². The molecule has 0 spiro atoms. The van der Waals surface area contributed by atoms with Crippen LogP contribution < -0.4 is 0 Å². The molecule has 0 heteroatoms. The lowest BCUT2D eigenvalue weighted by atomic mass is 9.68. The summed E-state index contributed by atoms with van der Waals surface area (Å²) in [5, 5.41) is 0. The molecular formula is C29H30. The lowest BCUT2D eigenvalue weighted by Crippen LogP contribution is -2.28. The van der Waals surface area contributed by atoms with Crippen molar-refractivity contribution in [1.29, 1.82) is 0 Å². The first-order chi connectivity index (χ1) is 14.4. The second kappa shape index (κ2) is 9.39. The minimum absolute atomic E-state index is 0.254. The van der Waals surface area contributed by atoms with Gasteiger partial charge in [-0.3, -0.25) is 0 Å². The molecule has 0 nitrogen and oxygen atoms in total. The molecule has 0 heterocycles. The molecule has 5 rings (SSSR count). The van der Waals surface area contributed by atoms with Gasteiger partial charge < -0.3 is 0 Å². The largest absolute Gasteiger partial charge is 0.0713 e. The monoisotopic (exact) mass is 378 g/mol. The average Bonchev–Trinajstić information content (AvgIpc) is 3.14. The van der Waals surface area contributed by atoms with Crippen molar-refractivity contribution in [2.24, 2.45) is 0 Å². The Morgan fingerprint density at radius 1 is 0.379 bits per heavy atom. The maximum absolute atomic E-state index is 2.29. The van der Waals surface area contributed by atoms with Gasteiger partial charge in [0.1, 0.15) is 0 Å². The molecule has 0 atom stereocenters. The molecule has 0 fully saturated rings. The quantitative estimate of drug-likeness (QED) is 0.291. The second-order valence-corrected chi connectivity index (χ2v) is 6.57. The molecular weight excluding hydrogens is 348 g/mol. The number of benzene rings is 4. The van der Waals surface area contributed by atoms with Gasteiger partial charge in [-0.25, -0.2) is 0 Å². The van der Waals surface area contributed by atoms with Crippen molar-refractivity contribution in [3.05, 3.63) is 131 Å². The van der Waals surface area contributed by atoms with Gasteiger partial charge >= 0.3 is 0 Å². The Morgan fingerprint density at radius 2 is 0.690 bits per heavy atom. The summed E-state index contributed by atoms with van der Waals surface area (Å²) in [5.74, 6) is 0. The van der Waals surface area contributed by atoms with Crippen LogP contribution in [0.1, 0.15) is 49.9 Å². The molecule has 4 aromatic carbocycles. The van der Waals surface area contributed by atoms with Crippen molar-refractivity contribution in [1.82, 2.24) is 0 Å². The van der Waals surface area contributed by atoms with Crippen molar-refractivity contribution in [3.8, 4) is 11.1 Å². The summed E-state index contributed by atoms with van der Waals surface area (Å²) < 4.78 is 0. The van der Waals surface area contributed by atoms with Crippen LogP contribution in [0.25, 0.3) is 11.1 Å². The first kappa shape index (κ1) is 20.6. The van der Waals surface area contributed by atoms with Crippen LogP contribution in [-0.4, -0.2) is 0 Å². The maximum atomic E-state index is 2.29. The highest BCUT2D eigenvalue weighted by Gasteiger charge is 2.45. The molecule has 0 radical (unpaired) electrons. The lowest BCUT2D eigenvalue weighted by Gasteiger charge is -2.33. The van der Waals surface area contributed by atoms with Crippen LogP contribution in [0.3, 0.4) is 0 Å². The zero-order valence-corrected chi connectivity index (χ0v) is 17.9. The smallest absolute Gasteiger partial charge is 0.0683 e. The van der Waals surface area contributed by atoms with E-state index in [2.05, 4.69) is 109 Å². The number of fused-ring (bicyclic) bond motifs is 3. The number of hydrogen-bond acceptors (Lipinski definition) is 0. The standard InChI is InChI=1S/C25H18.2C2H6/c1-3-11-19(12-4-1)25(20-13-5-2-6-14-20)23-17-9-7-15-21(23)22-16-8-10-18-24(22)25;2*1-2/h1-18H;2*1-2H3. The molecule has 4 aromatic rings. The minimum atomic E-state index is -0.254. The van der Waals surface area contributed by atoms with Crippen LogP contribution in [0, 0.1) is 0 Å². The summed E-state index contributed by atoms with van der Waals surface area (Å²) in [6.45, 7) is 8.00. The summed E-state index contributed by atoms with van der Waals surface area (Å²) in [5.41, 5.74) is 7.80. The van der Waals surface area contributed by atoms with Crippen LogP contribution in [0.15, 0.2) is 109 Å². The fourth-order valence-electron chi connectivity index (χ4n) is 4.40. The van der Waals surface area contributed by atoms with Crippen LogP contribution in [0.2, 0.25) is 0 Å². The normalized spacial score (nSPS) is 12.4. The Hall–Kier alpha value is -3.12. The zero-order valence-electron chi connectivity index (χ0n) is 17.9. The van der Waals surface area contributed by atoms with Crippen molar-refractivity contribution < 1.29 is 0 Å². The second-order valence-electron chi connectivity index (χ2n) is 6.57. The maximum Gasteiger partial charge on any atom is 0.0713 e.